The summed E-state index contributed by atoms with van der Waals surface area (Å²) in [6.07, 6.45) is -1.12. The van der Waals surface area contributed by atoms with Crippen molar-refractivity contribution in [2.45, 2.75) is 31.0 Å². The lowest BCUT2D eigenvalue weighted by atomic mass is 9.95. The highest BCUT2D eigenvalue weighted by Crippen LogP contribution is 2.39. The summed E-state index contributed by atoms with van der Waals surface area (Å²) >= 11 is 0. The van der Waals surface area contributed by atoms with Gasteiger partial charge in [0.2, 0.25) is 0 Å². The van der Waals surface area contributed by atoms with Crippen LogP contribution in [0.1, 0.15) is 13.2 Å². The maximum atomic E-state index is 14.4. The molecule has 32 heavy (non-hydrogen) atoms. The van der Waals surface area contributed by atoms with E-state index < -0.39 is 29.9 Å². The Morgan fingerprint density at radius 3 is 2.84 bits per heavy atom. The van der Waals surface area contributed by atoms with Crippen LogP contribution in [0.25, 0.3) is 21.9 Å². The predicted octanol–water partition coefficient (Wildman–Crippen LogP) is 1.37. The van der Waals surface area contributed by atoms with Gasteiger partial charge in [0.1, 0.15) is 48.1 Å². The van der Waals surface area contributed by atoms with E-state index in [1.54, 1.807) is 18.2 Å². The fourth-order valence-corrected chi connectivity index (χ4v) is 3.92. The van der Waals surface area contributed by atoms with E-state index in [-0.39, 0.29) is 23.5 Å². The molecule has 3 aromatic heterocycles. The zero-order chi connectivity index (χ0) is 22.6. The fraction of sp³-hybridized carbons (Fsp3) is 0.286. The maximum Gasteiger partial charge on any atom is 0.164 e. The summed E-state index contributed by atoms with van der Waals surface area (Å²) in [5, 5.41) is 22.6. The van der Waals surface area contributed by atoms with E-state index in [2.05, 4.69) is 15.0 Å². The number of aliphatic hydroxyl groups is 2. The average molecular weight is 440 g/mol. The molecule has 166 valence electrons. The minimum absolute atomic E-state index is 0.0191. The zero-order valence-electron chi connectivity index (χ0n) is 17.0. The van der Waals surface area contributed by atoms with Crippen molar-refractivity contribution in [1.29, 1.82) is 0 Å². The Balaban J connectivity index is 1.40. The van der Waals surface area contributed by atoms with Crippen LogP contribution in [0.15, 0.2) is 42.9 Å². The van der Waals surface area contributed by atoms with Gasteiger partial charge >= 0.3 is 0 Å². The Kier molecular flexibility index (Phi) is 4.62. The van der Waals surface area contributed by atoms with Crippen molar-refractivity contribution in [3.05, 3.63) is 48.7 Å². The average Bonchev–Trinajstić information content (AvgIpc) is 3.20. The first-order valence-electron chi connectivity index (χ1n) is 9.87. The number of fused-ring (bicyclic) bond motifs is 2. The number of rotatable bonds is 4. The third-order valence-electron chi connectivity index (χ3n) is 5.78. The van der Waals surface area contributed by atoms with Gasteiger partial charge in [0.05, 0.1) is 10.9 Å². The lowest BCUT2D eigenvalue weighted by Crippen LogP contribution is -2.47. The van der Waals surface area contributed by atoms with Crippen molar-refractivity contribution in [2.75, 3.05) is 18.1 Å². The lowest BCUT2D eigenvalue weighted by molar-refractivity contribution is -0.0765. The van der Waals surface area contributed by atoms with Crippen LogP contribution in [-0.4, -0.2) is 54.1 Å². The molecule has 0 bridgehead atoms. The second-order valence-corrected chi connectivity index (χ2v) is 7.93. The number of anilines is 2. The van der Waals surface area contributed by atoms with Crippen LogP contribution in [0, 0.1) is 5.82 Å². The molecule has 5 rings (SSSR count). The normalized spacial score (nSPS) is 25.6. The van der Waals surface area contributed by atoms with Crippen molar-refractivity contribution < 1.29 is 24.1 Å². The molecule has 4 atom stereocenters. The number of pyridine rings is 1. The summed E-state index contributed by atoms with van der Waals surface area (Å²) in [5.74, 6) is 0.191. The molecule has 1 aliphatic heterocycles. The molecule has 0 amide bonds. The lowest BCUT2D eigenvalue weighted by Gasteiger charge is -2.26. The standard InChI is InChI=1S/C21H21FN6O4/c1-21(30)14(8-31-11-4-2-10-3-5-15(23)27-13(10)6-11)32-20(17(21)29)28-7-12(22)16-18(24)25-9-26-19(16)28/h2-7,9,14,17,20,29-30H,8H2,1H3,(H2,23,27)(H2,24,25,26)/t14-,17?,20?,21?/m1/s1. The summed E-state index contributed by atoms with van der Waals surface area (Å²) in [6, 6.07) is 8.87. The molecule has 3 unspecified atom stereocenters. The van der Waals surface area contributed by atoms with Crippen molar-refractivity contribution in [3.8, 4) is 5.75 Å². The summed E-state index contributed by atoms with van der Waals surface area (Å²) < 4.78 is 27.5. The highest BCUT2D eigenvalue weighted by atomic mass is 19.1. The van der Waals surface area contributed by atoms with Crippen LogP contribution < -0.4 is 16.2 Å². The number of halogens is 1. The molecule has 11 heteroatoms. The Hall–Kier alpha value is -3.54. The Labute approximate surface area is 181 Å². The van der Waals surface area contributed by atoms with E-state index in [0.717, 1.165) is 11.6 Å². The van der Waals surface area contributed by atoms with Crippen LogP contribution in [0.5, 0.6) is 5.75 Å². The van der Waals surface area contributed by atoms with Gasteiger partial charge in [0, 0.05) is 17.6 Å². The molecule has 6 N–H and O–H groups in total. The van der Waals surface area contributed by atoms with Gasteiger partial charge in [-0.05, 0) is 31.2 Å². The number of ether oxygens (including phenoxy) is 2. The first-order valence-corrected chi connectivity index (χ1v) is 9.87. The van der Waals surface area contributed by atoms with Gasteiger partial charge in [-0.25, -0.2) is 19.3 Å². The van der Waals surface area contributed by atoms with E-state index in [1.807, 2.05) is 12.1 Å². The quantitative estimate of drug-likeness (QED) is 0.368. The summed E-state index contributed by atoms with van der Waals surface area (Å²) in [6.45, 7) is 1.35. The first-order chi connectivity index (χ1) is 15.3. The number of benzene rings is 1. The molecule has 1 saturated heterocycles. The maximum absolute atomic E-state index is 14.4. The molecular formula is C21H21FN6O4. The van der Waals surface area contributed by atoms with Gasteiger partial charge in [-0.2, -0.15) is 0 Å². The number of hydrogen-bond donors (Lipinski definition) is 4. The molecule has 1 aliphatic rings. The van der Waals surface area contributed by atoms with Crippen LogP contribution in [0.3, 0.4) is 0 Å². The molecule has 1 fully saturated rings. The fourth-order valence-electron chi connectivity index (χ4n) is 3.92. The predicted molar refractivity (Wildman–Crippen MR) is 114 cm³/mol. The molecule has 4 heterocycles. The van der Waals surface area contributed by atoms with E-state index in [9.17, 15) is 14.6 Å². The highest BCUT2D eigenvalue weighted by molar-refractivity contribution is 5.86. The van der Waals surface area contributed by atoms with Gasteiger partial charge in [-0.15, -0.1) is 0 Å². The summed E-state index contributed by atoms with van der Waals surface area (Å²) in [4.78, 5) is 12.1. The number of aliphatic hydroxyl groups excluding tert-OH is 1. The Morgan fingerprint density at radius 1 is 1.25 bits per heavy atom. The minimum Gasteiger partial charge on any atom is -0.491 e. The van der Waals surface area contributed by atoms with E-state index >= 15 is 0 Å². The van der Waals surface area contributed by atoms with Gasteiger partial charge in [0.15, 0.2) is 17.7 Å². The van der Waals surface area contributed by atoms with E-state index in [4.69, 9.17) is 20.9 Å². The van der Waals surface area contributed by atoms with Crippen LogP contribution in [0.2, 0.25) is 0 Å². The third kappa shape index (κ3) is 3.18. The molecule has 0 aliphatic carbocycles. The molecule has 1 aromatic carbocycles. The number of nitrogen functional groups attached to an aromatic ring is 2. The summed E-state index contributed by atoms with van der Waals surface area (Å²) in [5.41, 5.74) is 10.6. The SMILES string of the molecule is CC1(O)C(O)C(n2cc(F)c3c(N)ncnc32)O[C@@H]1COc1ccc2ccc(N)nc2c1. The molecule has 0 saturated carbocycles. The molecule has 10 nitrogen and oxygen atoms in total. The Morgan fingerprint density at radius 2 is 2.03 bits per heavy atom. The van der Waals surface area contributed by atoms with Crippen molar-refractivity contribution >= 4 is 33.6 Å². The second kappa shape index (κ2) is 7.26. The largest absolute Gasteiger partial charge is 0.491 e. The van der Waals surface area contributed by atoms with Gasteiger partial charge in [0.25, 0.3) is 0 Å². The third-order valence-corrected chi connectivity index (χ3v) is 5.78. The molecule has 4 aromatic rings. The van der Waals surface area contributed by atoms with Crippen molar-refractivity contribution in [1.82, 2.24) is 19.5 Å². The minimum atomic E-state index is -1.68. The van der Waals surface area contributed by atoms with Gasteiger partial charge in [-0.3, -0.25) is 0 Å². The summed E-state index contributed by atoms with van der Waals surface area (Å²) in [7, 11) is 0. The van der Waals surface area contributed by atoms with Gasteiger partial charge < -0.3 is 35.7 Å². The molecule has 0 spiro atoms. The van der Waals surface area contributed by atoms with E-state index in [0.29, 0.717) is 17.1 Å². The number of nitrogens with two attached hydrogens (primary N) is 2. The topological polar surface area (TPSA) is 155 Å². The monoisotopic (exact) mass is 440 g/mol. The number of aromatic nitrogens is 4. The van der Waals surface area contributed by atoms with Gasteiger partial charge in [-0.1, -0.05) is 0 Å². The first kappa shape index (κ1) is 20.4. The van der Waals surface area contributed by atoms with E-state index in [1.165, 1.54) is 17.8 Å². The zero-order valence-corrected chi connectivity index (χ0v) is 17.0. The van der Waals surface area contributed by atoms with Crippen LogP contribution in [-0.2, 0) is 4.74 Å². The number of hydrogen-bond acceptors (Lipinski definition) is 9. The molecule has 0 radical (unpaired) electrons. The smallest absolute Gasteiger partial charge is 0.164 e. The van der Waals surface area contributed by atoms with Crippen molar-refractivity contribution in [3.63, 3.8) is 0 Å². The second-order valence-electron chi connectivity index (χ2n) is 7.93. The molecular weight excluding hydrogens is 419 g/mol. The highest BCUT2D eigenvalue weighted by Gasteiger charge is 2.53. The Bertz CT molecular complexity index is 1330. The van der Waals surface area contributed by atoms with Crippen molar-refractivity contribution in [2.24, 2.45) is 0 Å². The van der Waals surface area contributed by atoms with Crippen LogP contribution >= 0.6 is 0 Å². The van der Waals surface area contributed by atoms with Crippen LogP contribution in [0.4, 0.5) is 16.0 Å². The number of nitrogens with zero attached hydrogens (tertiary/aromatic N) is 4.